The Hall–Kier alpha value is -3.26. The van der Waals surface area contributed by atoms with Crippen LogP contribution in [0, 0.1) is 0 Å². The van der Waals surface area contributed by atoms with Crippen molar-refractivity contribution in [2.24, 2.45) is 0 Å². The summed E-state index contributed by atoms with van der Waals surface area (Å²) in [4.78, 5) is 24.7. The monoisotopic (exact) mass is 370 g/mol. The molecular weight excluding hydrogens is 352 g/mol. The van der Waals surface area contributed by atoms with E-state index in [0.717, 1.165) is 5.56 Å². The molecule has 0 aromatic heterocycles. The van der Waals surface area contributed by atoms with Gasteiger partial charge in [0.1, 0.15) is 6.10 Å². The van der Waals surface area contributed by atoms with Crippen molar-refractivity contribution < 1.29 is 28.9 Å². The van der Waals surface area contributed by atoms with Crippen molar-refractivity contribution in [1.82, 2.24) is 5.32 Å². The Morgan fingerprint density at radius 1 is 1.15 bits per heavy atom. The van der Waals surface area contributed by atoms with Gasteiger partial charge in [-0.2, -0.15) is 0 Å². The number of hydrogen-bond acceptors (Lipinski definition) is 6. The normalized spacial score (nSPS) is 17.3. The first-order valence-electron chi connectivity index (χ1n) is 8.49. The van der Waals surface area contributed by atoms with E-state index in [1.807, 2.05) is 0 Å². The molecule has 2 amide bonds. The van der Waals surface area contributed by atoms with Gasteiger partial charge in [-0.05, 0) is 29.8 Å². The number of hydrogen-bond donors (Lipinski definition) is 2. The standard InChI is InChI=1S/C19H18N2O6/c1-11(23)20-8-14-9-21(19(24)25-14)13-3-5-16-18(7-13)27-15-4-2-12(10-22)6-17(15)26-16/h2-7,14,22H,8-10H2,1H3,(H,20,23)/t14-/m0/s1. The van der Waals surface area contributed by atoms with Crippen molar-refractivity contribution in [3.05, 3.63) is 42.0 Å². The fraction of sp³-hybridized carbons (Fsp3) is 0.263. The lowest BCUT2D eigenvalue weighted by atomic mass is 10.2. The van der Waals surface area contributed by atoms with E-state index >= 15 is 0 Å². The third-order valence-electron chi connectivity index (χ3n) is 4.32. The van der Waals surface area contributed by atoms with Crippen LogP contribution in [0.1, 0.15) is 12.5 Å². The van der Waals surface area contributed by atoms with E-state index in [9.17, 15) is 14.7 Å². The van der Waals surface area contributed by atoms with E-state index in [-0.39, 0.29) is 19.1 Å². The molecule has 0 unspecified atom stereocenters. The Labute approximate surface area is 155 Å². The van der Waals surface area contributed by atoms with Crippen LogP contribution in [-0.4, -0.2) is 36.3 Å². The summed E-state index contributed by atoms with van der Waals surface area (Å²) in [7, 11) is 0. The summed E-state index contributed by atoms with van der Waals surface area (Å²) in [5, 5.41) is 11.9. The molecule has 1 fully saturated rings. The third kappa shape index (κ3) is 3.39. The van der Waals surface area contributed by atoms with Crippen LogP contribution >= 0.6 is 0 Å². The summed E-state index contributed by atoms with van der Waals surface area (Å²) in [6.07, 6.45) is -0.887. The molecular formula is C19H18N2O6. The van der Waals surface area contributed by atoms with Gasteiger partial charge >= 0.3 is 6.09 Å². The fourth-order valence-electron chi connectivity index (χ4n) is 2.98. The largest absolute Gasteiger partial charge is 0.449 e. The smallest absolute Gasteiger partial charge is 0.414 e. The molecule has 2 aliphatic rings. The highest BCUT2D eigenvalue weighted by molar-refractivity contribution is 5.90. The molecule has 0 aliphatic carbocycles. The second-order valence-electron chi connectivity index (χ2n) is 6.33. The maximum atomic E-state index is 12.2. The summed E-state index contributed by atoms with van der Waals surface area (Å²) in [5.74, 6) is 1.88. The number of carbonyl (C=O) groups excluding carboxylic acids is 2. The zero-order chi connectivity index (χ0) is 19.0. The van der Waals surface area contributed by atoms with Gasteiger partial charge in [0.15, 0.2) is 23.0 Å². The highest BCUT2D eigenvalue weighted by atomic mass is 16.6. The van der Waals surface area contributed by atoms with E-state index < -0.39 is 12.2 Å². The number of amides is 2. The minimum Gasteiger partial charge on any atom is -0.449 e. The minimum absolute atomic E-state index is 0.0842. The molecule has 2 heterocycles. The Kier molecular flexibility index (Phi) is 4.33. The summed E-state index contributed by atoms with van der Waals surface area (Å²) in [5.41, 5.74) is 1.34. The number of aliphatic hydroxyl groups is 1. The van der Waals surface area contributed by atoms with Gasteiger partial charge in [-0.15, -0.1) is 0 Å². The number of fused-ring (bicyclic) bond motifs is 2. The summed E-state index contributed by atoms with van der Waals surface area (Å²) in [6.45, 7) is 1.92. The first kappa shape index (κ1) is 17.2. The molecule has 2 aliphatic heterocycles. The van der Waals surface area contributed by atoms with Gasteiger partial charge in [-0.3, -0.25) is 9.69 Å². The number of aliphatic hydroxyl groups excluding tert-OH is 1. The molecule has 1 saturated heterocycles. The van der Waals surface area contributed by atoms with E-state index in [1.165, 1.54) is 11.8 Å². The number of nitrogens with one attached hydrogen (secondary N) is 1. The molecule has 27 heavy (non-hydrogen) atoms. The Morgan fingerprint density at radius 3 is 2.56 bits per heavy atom. The average molecular weight is 370 g/mol. The van der Waals surface area contributed by atoms with Gasteiger partial charge in [0.25, 0.3) is 0 Å². The van der Waals surface area contributed by atoms with Crippen LogP contribution in [-0.2, 0) is 16.1 Å². The van der Waals surface area contributed by atoms with E-state index in [2.05, 4.69) is 5.32 Å². The lowest BCUT2D eigenvalue weighted by Gasteiger charge is -2.23. The maximum Gasteiger partial charge on any atom is 0.414 e. The summed E-state index contributed by atoms with van der Waals surface area (Å²) in [6, 6.07) is 10.4. The minimum atomic E-state index is -0.477. The SMILES string of the molecule is CC(=O)NC[C@H]1CN(c2ccc3c(c2)Oc2ccc(CO)cc2O3)C(=O)O1. The van der Waals surface area contributed by atoms with Crippen molar-refractivity contribution in [3.8, 4) is 23.0 Å². The fourth-order valence-corrected chi connectivity index (χ4v) is 2.98. The van der Waals surface area contributed by atoms with Crippen molar-refractivity contribution in [3.63, 3.8) is 0 Å². The Bertz CT molecular complexity index is 913. The molecule has 8 heteroatoms. The number of carbonyl (C=O) groups is 2. The number of benzene rings is 2. The number of nitrogens with zero attached hydrogens (tertiary/aromatic N) is 1. The number of rotatable bonds is 4. The molecule has 140 valence electrons. The van der Waals surface area contributed by atoms with Gasteiger partial charge in [0.2, 0.25) is 5.91 Å². The third-order valence-corrected chi connectivity index (χ3v) is 4.32. The number of cyclic esters (lactones) is 1. The van der Waals surface area contributed by atoms with Crippen LogP contribution in [0.4, 0.5) is 10.5 Å². The second-order valence-corrected chi connectivity index (χ2v) is 6.33. The van der Waals surface area contributed by atoms with Crippen molar-refractivity contribution in [2.45, 2.75) is 19.6 Å². The topological polar surface area (TPSA) is 97.3 Å². The summed E-state index contributed by atoms with van der Waals surface area (Å²) >= 11 is 0. The second kappa shape index (κ2) is 6.81. The Balaban J connectivity index is 1.52. The number of ether oxygens (including phenoxy) is 3. The zero-order valence-electron chi connectivity index (χ0n) is 14.6. The molecule has 0 saturated carbocycles. The van der Waals surface area contributed by atoms with Crippen molar-refractivity contribution >= 4 is 17.7 Å². The highest BCUT2D eigenvalue weighted by Gasteiger charge is 2.33. The highest BCUT2D eigenvalue weighted by Crippen LogP contribution is 2.47. The molecule has 2 aromatic carbocycles. The first-order chi connectivity index (χ1) is 13.0. The van der Waals surface area contributed by atoms with Crippen LogP contribution in [0.2, 0.25) is 0 Å². The molecule has 0 spiro atoms. The zero-order valence-corrected chi connectivity index (χ0v) is 14.6. The molecule has 1 atom stereocenters. The van der Waals surface area contributed by atoms with Gasteiger partial charge in [0.05, 0.1) is 25.4 Å². The maximum absolute atomic E-state index is 12.2. The van der Waals surface area contributed by atoms with Gasteiger partial charge in [0, 0.05) is 13.0 Å². The van der Waals surface area contributed by atoms with E-state index in [4.69, 9.17) is 14.2 Å². The van der Waals surface area contributed by atoms with Gasteiger partial charge in [-0.1, -0.05) is 6.07 Å². The molecule has 4 rings (SSSR count). The van der Waals surface area contributed by atoms with E-state index in [1.54, 1.807) is 36.4 Å². The van der Waals surface area contributed by atoms with Crippen LogP contribution in [0.15, 0.2) is 36.4 Å². The molecule has 0 bridgehead atoms. The molecule has 2 aromatic rings. The van der Waals surface area contributed by atoms with Crippen molar-refractivity contribution in [2.75, 3.05) is 18.0 Å². The molecule has 8 nitrogen and oxygen atoms in total. The predicted molar refractivity (Wildman–Crippen MR) is 95.3 cm³/mol. The first-order valence-corrected chi connectivity index (χ1v) is 8.49. The molecule has 0 radical (unpaired) electrons. The van der Waals surface area contributed by atoms with Crippen LogP contribution < -0.4 is 19.7 Å². The van der Waals surface area contributed by atoms with Gasteiger partial charge in [-0.25, -0.2) is 4.79 Å². The lowest BCUT2D eigenvalue weighted by Crippen LogP contribution is -2.33. The van der Waals surface area contributed by atoms with Crippen LogP contribution in [0.5, 0.6) is 23.0 Å². The van der Waals surface area contributed by atoms with Gasteiger partial charge < -0.3 is 24.6 Å². The molecule has 2 N–H and O–H groups in total. The summed E-state index contributed by atoms with van der Waals surface area (Å²) < 4.78 is 17.0. The lowest BCUT2D eigenvalue weighted by molar-refractivity contribution is -0.119. The van der Waals surface area contributed by atoms with Crippen LogP contribution in [0.25, 0.3) is 0 Å². The number of anilines is 1. The van der Waals surface area contributed by atoms with Crippen molar-refractivity contribution in [1.29, 1.82) is 0 Å². The van der Waals surface area contributed by atoms with Crippen LogP contribution in [0.3, 0.4) is 0 Å². The Morgan fingerprint density at radius 2 is 1.85 bits per heavy atom. The van der Waals surface area contributed by atoms with E-state index in [0.29, 0.717) is 35.2 Å². The predicted octanol–water partition coefficient (Wildman–Crippen LogP) is 2.54. The average Bonchev–Trinajstić information content (AvgIpc) is 3.04. The quantitative estimate of drug-likeness (QED) is 0.733.